The number of nitrogen functional groups attached to an aromatic ring is 1. The molecule has 0 spiro atoms. The molecule has 0 radical (unpaired) electrons. The Balaban J connectivity index is 1.81. The Bertz CT molecular complexity index is 494. The van der Waals surface area contributed by atoms with Crippen molar-refractivity contribution in [3.05, 3.63) is 29.8 Å². The fraction of sp³-hybridized carbons (Fsp3) is 0.429. The van der Waals surface area contributed by atoms with Crippen LogP contribution in [0.3, 0.4) is 0 Å². The second-order valence-corrected chi connectivity index (χ2v) is 5.07. The molecule has 0 saturated heterocycles. The van der Waals surface area contributed by atoms with Crippen LogP contribution < -0.4 is 21.7 Å². The zero-order valence-electron chi connectivity index (χ0n) is 11.5. The molecular formula is C14H20N4O2. The molecule has 0 bridgehead atoms. The Labute approximate surface area is 118 Å². The number of hydrogen-bond acceptors (Lipinski definition) is 3. The number of amides is 3. The number of urea groups is 1. The van der Waals surface area contributed by atoms with Crippen LogP contribution in [0, 0.1) is 0 Å². The number of hydrogen-bond donors (Lipinski definition) is 4. The van der Waals surface area contributed by atoms with Gasteiger partial charge in [-0.05, 0) is 30.5 Å². The lowest BCUT2D eigenvalue weighted by molar-refractivity contribution is -0.118. The van der Waals surface area contributed by atoms with Crippen LogP contribution in [0.25, 0.3) is 0 Å². The van der Waals surface area contributed by atoms with Crippen LogP contribution in [0.2, 0.25) is 0 Å². The molecule has 6 nitrogen and oxygen atoms in total. The molecule has 0 unspecified atom stereocenters. The lowest BCUT2D eigenvalue weighted by atomic mass is 10.0. The molecule has 1 aliphatic carbocycles. The molecule has 2 rings (SSSR count). The van der Waals surface area contributed by atoms with Crippen LogP contribution >= 0.6 is 0 Å². The van der Waals surface area contributed by atoms with Crippen molar-refractivity contribution < 1.29 is 9.59 Å². The summed E-state index contributed by atoms with van der Waals surface area (Å²) in [7, 11) is 0. The second kappa shape index (κ2) is 5.81. The predicted octanol–water partition coefficient (Wildman–Crippen LogP) is 0.693. The number of benzene rings is 1. The molecular weight excluding hydrogens is 256 g/mol. The summed E-state index contributed by atoms with van der Waals surface area (Å²) in [5.74, 6) is -0.104. The summed E-state index contributed by atoms with van der Waals surface area (Å²) >= 11 is 0. The van der Waals surface area contributed by atoms with Gasteiger partial charge in [0.2, 0.25) is 5.91 Å². The maximum absolute atomic E-state index is 11.8. The second-order valence-electron chi connectivity index (χ2n) is 5.07. The fourth-order valence-corrected chi connectivity index (χ4v) is 2.09. The first-order chi connectivity index (χ1) is 9.52. The van der Waals surface area contributed by atoms with Gasteiger partial charge in [-0.3, -0.25) is 4.79 Å². The Morgan fingerprint density at radius 1 is 1.15 bits per heavy atom. The summed E-state index contributed by atoms with van der Waals surface area (Å²) in [5.41, 5.74) is 7.19. The highest BCUT2D eigenvalue weighted by molar-refractivity contribution is 5.76. The molecule has 108 valence electrons. The molecule has 0 heterocycles. The minimum absolute atomic E-state index is 0.104. The Hall–Kier alpha value is -2.24. The third-order valence-electron chi connectivity index (χ3n) is 3.35. The Kier molecular flexibility index (Phi) is 4.12. The van der Waals surface area contributed by atoms with Crippen LogP contribution in [0.5, 0.6) is 0 Å². The summed E-state index contributed by atoms with van der Waals surface area (Å²) < 4.78 is 0. The monoisotopic (exact) mass is 276 g/mol. The number of nitrogens with one attached hydrogen (secondary N) is 3. The first kappa shape index (κ1) is 14.2. The van der Waals surface area contributed by atoms with E-state index in [1.165, 1.54) is 6.92 Å². The molecule has 1 aliphatic rings. The molecule has 0 aliphatic heterocycles. The van der Waals surface area contributed by atoms with E-state index in [0.717, 1.165) is 18.4 Å². The third-order valence-corrected chi connectivity index (χ3v) is 3.35. The van der Waals surface area contributed by atoms with E-state index in [1.54, 1.807) is 0 Å². The fourth-order valence-electron chi connectivity index (χ4n) is 2.09. The highest BCUT2D eigenvalue weighted by Gasteiger charge is 2.45. The van der Waals surface area contributed by atoms with E-state index < -0.39 is 0 Å². The van der Waals surface area contributed by atoms with E-state index >= 15 is 0 Å². The average molecular weight is 276 g/mol. The van der Waals surface area contributed by atoms with Gasteiger partial charge >= 0.3 is 6.03 Å². The van der Waals surface area contributed by atoms with Crippen molar-refractivity contribution in [3.63, 3.8) is 0 Å². The summed E-state index contributed by atoms with van der Waals surface area (Å²) in [5, 5.41) is 8.34. The quantitative estimate of drug-likeness (QED) is 0.470. The van der Waals surface area contributed by atoms with E-state index in [1.807, 2.05) is 24.3 Å². The number of carbonyl (C=O) groups is 2. The van der Waals surface area contributed by atoms with E-state index in [0.29, 0.717) is 18.8 Å². The molecule has 1 aromatic rings. The van der Waals surface area contributed by atoms with E-state index in [9.17, 15) is 9.59 Å². The third kappa shape index (κ3) is 3.63. The molecule has 1 saturated carbocycles. The smallest absolute Gasteiger partial charge is 0.315 e. The van der Waals surface area contributed by atoms with Gasteiger partial charge in [0.15, 0.2) is 0 Å². The van der Waals surface area contributed by atoms with Gasteiger partial charge in [0.25, 0.3) is 0 Å². The molecule has 1 fully saturated rings. The minimum atomic E-state index is -0.258. The van der Waals surface area contributed by atoms with Crippen LogP contribution in [-0.2, 0) is 10.3 Å². The first-order valence-electron chi connectivity index (χ1n) is 6.68. The van der Waals surface area contributed by atoms with Crippen molar-refractivity contribution in [2.24, 2.45) is 0 Å². The molecule has 5 N–H and O–H groups in total. The Morgan fingerprint density at radius 2 is 1.75 bits per heavy atom. The van der Waals surface area contributed by atoms with E-state index in [-0.39, 0.29) is 17.5 Å². The van der Waals surface area contributed by atoms with Gasteiger partial charge in [0.1, 0.15) is 0 Å². The van der Waals surface area contributed by atoms with Gasteiger partial charge in [-0.1, -0.05) is 12.1 Å². The standard InChI is InChI=1S/C14H20N4O2/c1-10(19)16-8-9-17-13(20)18-14(6-7-14)11-2-4-12(15)5-3-11/h2-5H,6-9,15H2,1H3,(H,16,19)(H2,17,18,20). The average Bonchev–Trinajstić information content (AvgIpc) is 3.16. The zero-order chi connectivity index (χ0) is 14.6. The van der Waals surface area contributed by atoms with Crippen molar-refractivity contribution in [3.8, 4) is 0 Å². The lowest BCUT2D eigenvalue weighted by Gasteiger charge is -2.18. The van der Waals surface area contributed by atoms with Crippen LogP contribution in [0.15, 0.2) is 24.3 Å². The number of rotatable bonds is 5. The van der Waals surface area contributed by atoms with Crippen LogP contribution in [0.4, 0.5) is 10.5 Å². The minimum Gasteiger partial charge on any atom is -0.399 e. The normalized spacial score (nSPS) is 15.2. The van der Waals surface area contributed by atoms with Gasteiger partial charge < -0.3 is 21.7 Å². The zero-order valence-corrected chi connectivity index (χ0v) is 11.5. The predicted molar refractivity (Wildman–Crippen MR) is 77.0 cm³/mol. The molecule has 0 atom stereocenters. The van der Waals surface area contributed by atoms with Crippen molar-refractivity contribution in [2.45, 2.75) is 25.3 Å². The number of anilines is 1. The molecule has 0 aromatic heterocycles. The summed E-state index contributed by atoms with van der Waals surface area (Å²) in [6, 6.07) is 7.35. The highest BCUT2D eigenvalue weighted by atomic mass is 16.2. The summed E-state index contributed by atoms with van der Waals surface area (Å²) in [4.78, 5) is 22.5. The van der Waals surface area contributed by atoms with E-state index in [2.05, 4.69) is 16.0 Å². The van der Waals surface area contributed by atoms with Crippen LogP contribution in [0.1, 0.15) is 25.3 Å². The SMILES string of the molecule is CC(=O)NCCNC(=O)NC1(c2ccc(N)cc2)CC1. The van der Waals surface area contributed by atoms with Crippen molar-refractivity contribution >= 4 is 17.6 Å². The Morgan fingerprint density at radius 3 is 2.30 bits per heavy atom. The number of carbonyl (C=O) groups excluding carboxylic acids is 2. The highest BCUT2D eigenvalue weighted by Crippen LogP contribution is 2.45. The van der Waals surface area contributed by atoms with Crippen LogP contribution in [-0.4, -0.2) is 25.0 Å². The van der Waals surface area contributed by atoms with Crippen molar-refractivity contribution in [1.29, 1.82) is 0 Å². The van der Waals surface area contributed by atoms with Gasteiger partial charge in [-0.25, -0.2) is 4.79 Å². The maximum atomic E-state index is 11.8. The lowest BCUT2D eigenvalue weighted by Crippen LogP contribution is -2.44. The van der Waals surface area contributed by atoms with Gasteiger partial charge in [-0.2, -0.15) is 0 Å². The molecule has 3 amide bonds. The largest absolute Gasteiger partial charge is 0.399 e. The summed E-state index contributed by atoms with van der Waals surface area (Å²) in [6.07, 6.45) is 1.85. The topological polar surface area (TPSA) is 96.2 Å². The van der Waals surface area contributed by atoms with Crippen molar-refractivity contribution in [2.75, 3.05) is 18.8 Å². The maximum Gasteiger partial charge on any atom is 0.315 e. The van der Waals surface area contributed by atoms with Crippen molar-refractivity contribution in [1.82, 2.24) is 16.0 Å². The van der Waals surface area contributed by atoms with Gasteiger partial charge in [-0.15, -0.1) is 0 Å². The molecule has 20 heavy (non-hydrogen) atoms. The van der Waals surface area contributed by atoms with E-state index in [4.69, 9.17) is 5.73 Å². The summed E-state index contributed by atoms with van der Waals surface area (Å²) in [6.45, 7) is 2.28. The first-order valence-corrected chi connectivity index (χ1v) is 6.68. The number of nitrogens with two attached hydrogens (primary N) is 1. The molecule has 6 heteroatoms. The van der Waals surface area contributed by atoms with Gasteiger partial charge in [0, 0.05) is 25.7 Å². The molecule has 1 aromatic carbocycles. The van der Waals surface area contributed by atoms with Gasteiger partial charge in [0.05, 0.1) is 5.54 Å².